The van der Waals surface area contributed by atoms with Crippen LogP contribution in [-0.4, -0.2) is 29.1 Å². The first-order valence-corrected chi connectivity index (χ1v) is 4.59. The Morgan fingerprint density at radius 3 is 2.92 bits per heavy atom. The average Bonchev–Trinajstić information content (AvgIpc) is 2.29. The summed E-state index contributed by atoms with van der Waals surface area (Å²) in [6.45, 7) is 3.70. The minimum Gasteiger partial charge on any atom is -0.447 e. The zero-order valence-electron chi connectivity index (χ0n) is 7.05. The number of hydrogen-bond acceptors (Lipinski definition) is 4. The normalized spacial score (nSPS) is 28.0. The first-order valence-electron chi connectivity index (χ1n) is 3.60. The molecule has 1 rings (SSSR count). The lowest BCUT2D eigenvalue weighted by Gasteiger charge is -2.18. The zero-order chi connectivity index (χ0) is 9.19. The SMILES string of the molecule is CC(=O)SCC1(C)COC(=O)N1. The fraction of sp³-hybridized carbons (Fsp3) is 0.714. The first kappa shape index (κ1) is 9.38. The van der Waals surface area contributed by atoms with Crippen molar-refractivity contribution in [1.82, 2.24) is 5.32 Å². The van der Waals surface area contributed by atoms with Crippen molar-refractivity contribution in [2.75, 3.05) is 12.4 Å². The predicted octanol–water partition coefficient (Wildman–Crippen LogP) is 0.765. The van der Waals surface area contributed by atoms with Gasteiger partial charge in [-0.25, -0.2) is 4.79 Å². The summed E-state index contributed by atoms with van der Waals surface area (Å²) in [5.74, 6) is 0.564. The molecule has 1 aliphatic heterocycles. The van der Waals surface area contributed by atoms with Crippen molar-refractivity contribution in [3.05, 3.63) is 0 Å². The third-order valence-electron chi connectivity index (χ3n) is 1.52. The highest BCUT2D eigenvalue weighted by Crippen LogP contribution is 2.18. The van der Waals surface area contributed by atoms with E-state index >= 15 is 0 Å². The topological polar surface area (TPSA) is 55.4 Å². The number of carbonyl (C=O) groups is 2. The van der Waals surface area contributed by atoms with Gasteiger partial charge in [0.25, 0.3) is 0 Å². The van der Waals surface area contributed by atoms with Crippen LogP contribution in [0.15, 0.2) is 0 Å². The van der Waals surface area contributed by atoms with Gasteiger partial charge in [0.05, 0.1) is 5.54 Å². The van der Waals surface area contributed by atoms with Crippen molar-refractivity contribution in [3.63, 3.8) is 0 Å². The molecule has 0 saturated carbocycles. The monoisotopic (exact) mass is 189 g/mol. The fourth-order valence-electron chi connectivity index (χ4n) is 0.882. The summed E-state index contributed by atoms with van der Waals surface area (Å²) < 4.78 is 4.73. The Morgan fingerprint density at radius 2 is 2.50 bits per heavy atom. The molecule has 1 amide bonds. The highest BCUT2D eigenvalue weighted by Gasteiger charge is 2.34. The molecule has 1 fully saturated rings. The van der Waals surface area contributed by atoms with E-state index in [1.807, 2.05) is 6.92 Å². The van der Waals surface area contributed by atoms with Gasteiger partial charge in [-0.2, -0.15) is 0 Å². The van der Waals surface area contributed by atoms with Crippen LogP contribution in [0.3, 0.4) is 0 Å². The van der Waals surface area contributed by atoms with Crippen LogP contribution in [-0.2, 0) is 9.53 Å². The molecule has 0 aromatic carbocycles. The molecule has 68 valence electrons. The van der Waals surface area contributed by atoms with Crippen LogP contribution < -0.4 is 5.32 Å². The summed E-state index contributed by atoms with van der Waals surface area (Å²) in [6, 6.07) is 0. The van der Waals surface area contributed by atoms with E-state index in [0.29, 0.717) is 12.4 Å². The van der Waals surface area contributed by atoms with Crippen molar-refractivity contribution in [2.45, 2.75) is 19.4 Å². The summed E-state index contributed by atoms with van der Waals surface area (Å²) in [4.78, 5) is 21.3. The molecule has 0 bridgehead atoms. The van der Waals surface area contributed by atoms with Gasteiger partial charge in [-0.1, -0.05) is 11.8 Å². The van der Waals surface area contributed by atoms with Gasteiger partial charge in [0.1, 0.15) is 6.61 Å². The summed E-state index contributed by atoms with van der Waals surface area (Å²) >= 11 is 1.20. The molecule has 0 aromatic heterocycles. The number of cyclic esters (lactones) is 1. The van der Waals surface area contributed by atoms with Crippen LogP contribution in [0, 0.1) is 0 Å². The highest BCUT2D eigenvalue weighted by atomic mass is 32.2. The second-order valence-corrected chi connectivity index (χ2v) is 4.19. The number of hydrogen-bond donors (Lipinski definition) is 1. The molecule has 5 heteroatoms. The Hall–Kier alpha value is -0.710. The van der Waals surface area contributed by atoms with E-state index in [4.69, 9.17) is 4.74 Å². The second-order valence-electron chi connectivity index (χ2n) is 3.04. The van der Waals surface area contributed by atoms with Crippen molar-refractivity contribution >= 4 is 23.0 Å². The maximum Gasteiger partial charge on any atom is 0.407 e. The molecule has 1 N–H and O–H groups in total. The first-order chi connectivity index (χ1) is 5.52. The van der Waals surface area contributed by atoms with E-state index in [0.717, 1.165) is 0 Å². The van der Waals surface area contributed by atoms with Gasteiger partial charge in [0.2, 0.25) is 0 Å². The number of carbonyl (C=O) groups excluding carboxylic acids is 2. The van der Waals surface area contributed by atoms with Crippen LogP contribution in [0.2, 0.25) is 0 Å². The fourth-order valence-corrected chi connectivity index (χ4v) is 1.56. The molecule has 1 saturated heterocycles. The highest BCUT2D eigenvalue weighted by molar-refractivity contribution is 8.13. The number of alkyl carbamates (subject to hydrolysis) is 1. The maximum atomic E-state index is 10.7. The van der Waals surface area contributed by atoms with Crippen LogP contribution in [0.4, 0.5) is 4.79 Å². The number of thioether (sulfide) groups is 1. The van der Waals surface area contributed by atoms with Crippen molar-refractivity contribution in [3.8, 4) is 0 Å². The lowest BCUT2D eigenvalue weighted by atomic mass is 10.1. The maximum absolute atomic E-state index is 10.7. The molecule has 0 spiro atoms. The molecular weight excluding hydrogens is 178 g/mol. The Morgan fingerprint density at radius 1 is 1.83 bits per heavy atom. The van der Waals surface area contributed by atoms with Gasteiger partial charge < -0.3 is 10.1 Å². The smallest absolute Gasteiger partial charge is 0.407 e. The van der Waals surface area contributed by atoms with Gasteiger partial charge in [0.15, 0.2) is 5.12 Å². The molecule has 1 unspecified atom stereocenters. The van der Waals surface area contributed by atoms with E-state index in [-0.39, 0.29) is 10.7 Å². The molecule has 1 heterocycles. The molecule has 0 aliphatic carbocycles. The number of amides is 1. The lowest BCUT2D eigenvalue weighted by Crippen LogP contribution is -2.42. The number of nitrogens with one attached hydrogen (secondary N) is 1. The average molecular weight is 189 g/mol. The van der Waals surface area contributed by atoms with Gasteiger partial charge in [-0.05, 0) is 6.92 Å². The summed E-state index contributed by atoms with van der Waals surface area (Å²) in [7, 11) is 0. The van der Waals surface area contributed by atoms with E-state index in [9.17, 15) is 9.59 Å². The Labute approximate surface area is 75.0 Å². The van der Waals surface area contributed by atoms with Crippen molar-refractivity contribution < 1.29 is 14.3 Å². The predicted molar refractivity (Wildman–Crippen MR) is 46.0 cm³/mol. The van der Waals surface area contributed by atoms with Gasteiger partial charge in [-0.15, -0.1) is 0 Å². The molecular formula is C7H11NO3S. The van der Waals surface area contributed by atoms with Crippen LogP contribution >= 0.6 is 11.8 Å². The zero-order valence-corrected chi connectivity index (χ0v) is 7.86. The number of rotatable bonds is 2. The van der Waals surface area contributed by atoms with E-state index in [1.54, 1.807) is 0 Å². The Bertz CT molecular complexity index is 219. The van der Waals surface area contributed by atoms with Crippen molar-refractivity contribution in [2.24, 2.45) is 0 Å². The molecule has 4 nitrogen and oxygen atoms in total. The van der Waals surface area contributed by atoms with Gasteiger partial charge >= 0.3 is 6.09 Å². The second kappa shape index (κ2) is 3.35. The van der Waals surface area contributed by atoms with Crippen LogP contribution in [0.5, 0.6) is 0 Å². The molecule has 12 heavy (non-hydrogen) atoms. The Balaban J connectivity index is 2.40. The van der Waals surface area contributed by atoms with Gasteiger partial charge in [0, 0.05) is 12.7 Å². The van der Waals surface area contributed by atoms with Crippen LogP contribution in [0.25, 0.3) is 0 Å². The lowest BCUT2D eigenvalue weighted by molar-refractivity contribution is -0.109. The van der Waals surface area contributed by atoms with Gasteiger partial charge in [-0.3, -0.25) is 4.79 Å². The third-order valence-corrected chi connectivity index (χ3v) is 2.71. The summed E-state index contributed by atoms with van der Waals surface area (Å²) in [6.07, 6.45) is -0.401. The van der Waals surface area contributed by atoms with Crippen LogP contribution in [0.1, 0.15) is 13.8 Å². The third kappa shape index (κ3) is 2.41. The summed E-state index contributed by atoms with van der Waals surface area (Å²) in [5, 5.41) is 2.70. The number of ether oxygens (including phenoxy) is 1. The Kier molecular flexibility index (Phi) is 2.62. The molecule has 0 aromatic rings. The largest absolute Gasteiger partial charge is 0.447 e. The molecule has 1 aliphatic rings. The quantitative estimate of drug-likeness (QED) is 0.697. The van der Waals surface area contributed by atoms with Crippen molar-refractivity contribution in [1.29, 1.82) is 0 Å². The van der Waals surface area contributed by atoms with E-state index < -0.39 is 6.09 Å². The standard InChI is InChI=1S/C7H11NO3S/c1-5(9)12-4-7(2)3-11-6(10)8-7/h3-4H2,1-2H3,(H,8,10). The minimum atomic E-state index is -0.401. The minimum absolute atomic E-state index is 0.0531. The molecule has 1 atom stereocenters. The molecule has 0 radical (unpaired) electrons. The summed E-state index contributed by atoms with van der Waals surface area (Å²) in [5.41, 5.74) is -0.382. The van der Waals surface area contributed by atoms with E-state index in [1.165, 1.54) is 18.7 Å². The van der Waals surface area contributed by atoms with E-state index in [2.05, 4.69) is 5.32 Å².